The Labute approximate surface area is 449 Å². The van der Waals surface area contributed by atoms with E-state index in [2.05, 4.69) is 41.2 Å². The van der Waals surface area contributed by atoms with Crippen molar-refractivity contribution in [2.45, 2.75) is 148 Å². The molecule has 3 aromatic carbocycles. The smallest absolute Gasteiger partial charge is 0.305 e. The van der Waals surface area contributed by atoms with Crippen LogP contribution in [-0.2, 0) is 32.0 Å². The summed E-state index contributed by atoms with van der Waals surface area (Å²) in [6, 6.07) is 24.0. The molecule has 0 fully saturated rings. The van der Waals surface area contributed by atoms with E-state index in [4.69, 9.17) is 10.2 Å². The van der Waals surface area contributed by atoms with E-state index >= 15 is 0 Å². The molecule has 17 heteroatoms. The second-order valence-corrected chi connectivity index (χ2v) is 16.3. The summed E-state index contributed by atoms with van der Waals surface area (Å²) in [6.45, 7) is 23.1. The zero-order chi connectivity index (χ0) is 54.9. The summed E-state index contributed by atoms with van der Waals surface area (Å²) in [5.41, 5.74) is 5.70. The van der Waals surface area contributed by atoms with Crippen LogP contribution in [0.5, 0.6) is 0 Å². The molecule has 75 heavy (non-hydrogen) atoms. The highest BCUT2D eigenvalue weighted by molar-refractivity contribution is 7.12. The second kappa shape index (κ2) is 38.9. The van der Waals surface area contributed by atoms with E-state index < -0.39 is 47.9 Å². The Hall–Kier alpha value is -7.66. The lowest BCUT2D eigenvalue weighted by atomic mass is 10.0. The Kier molecular flexibility index (Phi) is 36.0. The van der Waals surface area contributed by atoms with Gasteiger partial charge in [-0.3, -0.25) is 28.8 Å². The highest BCUT2D eigenvalue weighted by atomic mass is 32.1. The van der Waals surface area contributed by atoms with Crippen LogP contribution in [0, 0.1) is 13.8 Å². The first-order valence-corrected chi connectivity index (χ1v) is 25.5. The third kappa shape index (κ3) is 25.7. The standard InChI is InChI=1S/C25H26N4O4.C23H24N4O4S.4C2H6.2CH4/c1-16-14-26-23(27-15-16)19-10-8-18(9-11-19)13-21(25(33)28-17(2)12-22(30)31)29-24(32)20-6-4-3-5-7-20;1-14-12-24-21(25-13-14)17-7-5-16(6-8-17)11-18(22(30)26-15(2)10-20(28)29)27-23(31)19-4-3-9-32-19;4*1-2;;/h3-11,14-15,17,21H,12-13H2,1-2H3,(H,28,33)(H,29,32)(H,30,31);3-9,12-13,15,18H,10-11H2,1-2H3,(H,26,30)(H,27,31)(H,28,29);4*1-2H3;2*1H4. The molecule has 0 bridgehead atoms. The summed E-state index contributed by atoms with van der Waals surface area (Å²) >= 11 is 1.28. The van der Waals surface area contributed by atoms with Crippen LogP contribution in [0.4, 0.5) is 0 Å². The largest absolute Gasteiger partial charge is 0.481 e. The fraction of sp³-hybridized carbons (Fsp3) is 0.379. The number of amides is 4. The summed E-state index contributed by atoms with van der Waals surface area (Å²) in [5.74, 6) is -2.44. The molecule has 0 spiro atoms. The number of rotatable bonds is 18. The molecule has 4 unspecified atom stereocenters. The fourth-order valence-corrected chi connectivity index (χ4v) is 6.96. The normalized spacial score (nSPS) is 11.1. The van der Waals surface area contributed by atoms with Crippen molar-refractivity contribution in [2.24, 2.45) is 0 Å². The van der Waals surface area contributed by atoms with Crippen molar-refractivity contribution < 1.29 is 39.0 Å². The average molecular weight is 1050 g/mol. The summed E-state index contributed by atoms with van der Waals surface area (Å²) < 4.78 is 0. The minimum absolute atomic E-state index is 0. The Morgan fingerprint density at radius 1 is 0.493 bits per heavy atom. The van der Waals surface area contributed by atoms with E-state index in [0.717, 1.165) is 33.4 Å². The van der Waals surface area contributed by atoms with Crippen molar-refractivity contribution in [3.63, 3.8) is 0 Å². The van der Waals surface area contributed by atoms with Crippen molar-refractivity contribution in [2.75, 3.05) is 0 Å². The first-order valence-electron chi connectivity index (χ1n) is 24.6. The molecule has 0 aliphatic rings. The van der Waals surface area contributed by atoms with Gasteiger partial charge in [-0.05, 0) is 73.5 Å². The maximum absolute atomic E-state index is 12.9. The number of nitrogens with zero attached hydrogens (tertiary/aromatic N) is 4. The SMILES string of the molecule is C.C.CC.CC.CC.CC.Cc1cnc(-c2ccc(CC(NC(=O)c3ccccc3)C(=O)NC(C)CC(=O)O)cc2)nc1.Cc1cnc(-c2ccc(CC(NC(=O)c3cccs3)C(=O)NC(C)CC(=O)O)cc2)nc1. The Morgan fingerprint density at radius 3 is 1.19 bits per heavy atom. The molecular weight excluding hydrogens is 969 g/mol. The zero-order valence-electron chi connectivity index (χ0n) is 44.2. The van der Waals surface area contributed by atoms with E-state index in [1.807, 2.05) is 118 Å². The molecular formula is C58H82N8O8S. The van der Waals surface area contributed by atoms with Crippen LogP contribution in [0.3, 0.4) is 0 Å². The number of benzene rings is 3. The van der Waals surface area contributed by atoms with Crippen LogP contribution in [-0.4, -0.2) is 89.9 Å². The lowest BCUT2D eigenvalue weighted by Gasteiger charge is -2.21. The number of aliphatic carboxylic acids is 2. The maximum Gasteiger partial charge on any atom is 0.305 e. The zero-order valence-corrected chi connectivity index (χ0v) is 45.0. The molecule has 0 radical (unpaired) electrons. The van der Waals surface area contributed by atoms with E-state index in [1.165, 1.54) is 11.3 Å². The maximum atomic E-state index is 12.9. The van der Waals surface area contributed by atoms with Crippen LogP contribution in [0.15, 0.2) is 121 Å². The molecule has 3 heterocycles. The van der Waals surface area contributed by atoms with Gasteiger partial charge in [0.05, 0.1) is 17.7 Å². The predicted molar refractivity (Wildman–Crippen MR) is 304 cm³/mol. The predicted octanol–water partition coefficient (Wildman–Crippen LogP) is 11.0. The number of carbonyl (C=O) groups is 6. The molecule has 3 aromatic heterocycles. The van der Waals surface area contributed by atoms with Gasteiger partial charge in [-0.1, -0.05) is 143 Å². The monoisotopic (exact) mass is 1050 g/mol. The Balaban J connectivity index is 0. The molecule has 0 saturated heterocycles. The summed E-state index contributed by atoms with van der Waals surface area (Å²) in [7, 11) is 0. The molecule has 6 aromatic rings. The van der Waals surface area contributed by atoms with E-state index in [0.29, 0.717) is 22.1 Å². The van der Waals surface area contributed by atoms with Crippen molar-refractivity contribution in [1.82, 2.24) is 41.2 Å². The van der Waals surface area contributed by atoms with Gasteiger partial charge in [0.25, 0.3) is 11.8 Å². The highest BCUT2D eigenvalue weighted by Gasteiger charge is 2.26. The van der Waals surface area contributed by atoms with E-state index in [1.54, 1.807) is 86.5 Å². The second-order valence-electron chi connectivity index (χ2n) is 15.4. The van der Waals surface area contributed by atoms with Gasteiger partial charge in [0, 0.05) is 66.4 Å². The number of thiophene rings is 1. The molecule has 16 nitrogen and oxygen atoms in total. The van der Waals surface area contributed by atoms with Gasteiger partial charge < -0.3 is 31.5 Å². The molecule has 6 rings (SSSR count). The van der Waals surface area contributed by atoms with E-state index in [-0.39, 0.29) is 52.4 Å². The average Bonchev–Trinajstić information content (AvgIpc) is 3.95. The number of carboxylic acid groups (broad SMARTS) is 2. The van der Waals surface area contributed by atoms with Crippen LogP contribution in [0.25, 0.3) is 22.8 Å². The quantitative estimate of drug-likeness (QED) is 0.0471. The first-order chi connectivity index (χ1) is 35.1. The number of aromatic nitrogens is 4. The third-order valence-electron chi connectivity index (χ3n) is 9.63. The van der Waals surface area contributed by atoms with Crippen molar-refractivity contribution in [3.05, 3.63) is 154 Å². The van der Waals surface area contributed by atoms with Gasteiger partial charge in [0.15, 0.2) is 11.6 Å². The number of hydrogen-bond acceptors (Lipinski definition) is 11. The fourth-order valence-electron chi connectivity index (χ4n) is 6.33. The van der Waals surface area contributed by atoms with Crippen LogP contribution < -0.4 is 21.3 Å². The van der Waals surface area contributed by atoms with E-state index in [9.17, 15) is 28.8 Å². The van der Waals surface area contributed by atoms with Gasteiger partial charge in [-0.2, -0.15) is 0 Å². The molecule has 6 N–H and O–H groups in total. The Morgan fingerprint density at radius 2 is 0.853 bits per heavy atom. The first kappa shape index (κ1) is 69.4. The van der Waals surface area contributed by atoms with Crippen LogP contribution in [0.2, 0.25) is 0 Å². The summed E-state index contributed by atoms with van der Waals surface area (Å²) in [5, 5.41) is 30.6. The minimum Gasteiger partial charge on any atom is -0.481 e. The number of carboxylic acids is 2. The number of nitrogens with one attached hydrogen (secondary N) is 4. The number of carbonyl (C=O) groups excluding carboxylic acids is 4. The van der Waals surface area contributed by atoms with Gasteiger partial charge >= 0.3 is 11.9 Å². The lowest BCUT2D eigenvalue weighted by molar-refractivity contribution is -0.139. The summed E-state index contributed by atoms with van der Waals surface area (Å²) in [4.78, 5) is 90.6. The molecule has 0 aliphatic heterocycles. The Bertz CT molecular complexity index is 2530. The van der Waals surface area contributed by atoms with Crippen LogP contribution in [0.1, 0.15) is 139 Å². The molecule has 0 saturated carbocycles. The molecule has 0 aliphatic carbocycles. The third-order valence-corrected chi connectivity index (χ3v) is 10.5. The number of hydrogen-bond donors (Lipinski definition) is 6. The molecule has 4 amide bonds. The van der Waals surface area contributed by atoms with Gasteiger partial charge in [-0.25, -0.2) is 19.9 Å². The lowest BCUT2D eigenvalue weighted by Crippen LogP contribution is -2.50. The highest BCUT2D eigenvalue weighted by Crippen LogP contribution is 2.19. The van der Waals surface area contributed by atoms with Gasteiger partial charge in [-0.15, -0.1) is 11.3 Å². The van der Waals surface area contributed by atoms with Crippen molar-refractivity contribution >= 4 is 46.9 Å². The minimum atomic E-state index is -1.01. The topological polar surface area (TPSA) is 243 Å². The van der Waals surface area contributed by atoms with Crippen molar-refractivity contribution in [3.8, 4) is 22.8 Å². The summed E-state index contributed by atoms with van der Waals surface area (Å²) in [6.07, 6.45) is 7.04. The molecule has 408 valence electrons. The van der Waals surface area contributed by atoms with Gasteiger partial charge in [0.1, 0.15) is 12.1 Å². The van der Waals surface area contributed by atoms with Crippen LogP contribution >= 0.6 is 11.3 Å². The molecule has 4 atom stereocenters. The van der Waals surface area contributed by atoms with Crippen molar-refractivity contribution in [1.29, 1.82) is 0 Å². The van der Waals surface area contributed by atoms with Gasteiger partial charge in [0.2, 0.25) is 11.8 Å². The number of aryl methyl sites for hydroxylation is 2.